The summed E-state index contributed by atoms with van der Waals surface area (Å²) in [6, 6.07) is 19.2. The SMILES string of the molecule is COC(=O)c1ccc(NC(=O)c2ccc(Nc3ccccc3)nn2)cc1. The lowest BCUT2D eigenvalue weighted by Gasteiger charge is -2.07. The number of para-hydroxylation sites is 1. The van der Waals surface area contributed by atoms with E-state index in [2.05, 4.69) is 25.6 Å². The van der Waals surface area contributed by atoms with Crippen LogP contribution in [0.25, 0.3) is 0 Å². The zero-order valence-corrected chi connectivity index (χ0v) is 14.0. The summed E-state index contributed by atoms with van der Waals surface area (Å²) in [6.07, 6.45) is 0. The van der Waals surface area contributed by atoms with Gasteiger partial charge in [0.15, 0.2) is 11.5 Å². The summed E-state index contributed by atoms with van der Waals surface area (Å²) in [5.41, 5.74) is 2.00. The Morgan fingerprint density at radius 3 is 2.19 bits per heavy atom. The summed E-state index contributed by atoms with van der Waals surface area (Å²) in [4.78, 5) is 23.6. The van der Waals surface area contributed by atoms with E-state index in [1.165, 1.54) is 7.11 Å². The van der Waals surface area contributed by atoms with Crippen LogP contribution >= 0.6 is 0 Å². The number of methoxy groups -OCH3 is 1. The molecular weight excluding hydrogens is 332 g/mol. The fourth-order valence-electron chi connectivity index (χ4n) is 2.19. The van der Waals surface area contributed by atoms with Crippen molar-refractivity contribution in [2.24, 2.45) is 0 Å². The molecule has 0 aliphatic rings. The molecule has 0 aliphatic heterocycles. The second-order valence-corrected chi connectivity index (χ2v) is 5.32. The van der Waals surface area contributed by atoms with E-state index < -0.39 is 11.9 Å². The Morgan fingerprint density at radius 1 is 0.846 bits per heavy atom. The Morgan fingerprint density at radius 2 is 1.58 bits per heavy atom. The van der Waals surface area contributed by atoms with Gasteiger partial charge < -0.3 is 15.4 Å². The number of anilines is 3. The lowest BCUT2D eigenvalue weighted by molar-refractivity contribution is 0.0600. The Bertz CT molecular complexity index is 894. The summed E-state index contributed by atoms with van der Waals surface area (Å²) < 4.78 is 4.63. The Kier molecular flexibility index (Phi) is 5.19. The maximum atomic E-state index is 12.2. The Balaban J connectivity index is 1.63. The van der Waals surface area contributed by atoms with E-state index in [-0.39, 0.29) is 5.69 Å². The van der Waals surface area contributed by atoms with Crippen molar-refractivity contribution in [3.63, 3.8) is 0 Å². The molecule has 0 saturated carbocycles. The fraction of sp³-hybridized carbons (Fsp3) is 0.0526. The van der Waals surface area contributed by atoms with Crippen LogP contribution < -0.4 is 10.6 Å². The topological polar surface area (TPSA) is 93.2 Å². The summed E-state index contributed by atoms with van der Waals surface area (Å²) >= 11 is 0. The Labute approximate surface area is 150 Å². The van der Waals surface area contributed by atoms with Crippen LogP contribution in [0.4, 0.5) is 17.2 Å². The van der Waals surface area contributed by atoms with Gasteiger partial charge in [-0.25, -0.2) is 4.79 Å². The highest BCUT2D eigenvalue weighted by molar-refractivity contribution is 6.03. The van der Waals surface area contributed by atoms with Crippen molar-refractivity contribution >= 4 is 29.1 Å². The number of ether oxygens (including phenoxy) is 1. The van der Waals surface area contributed by atoms with E-state index in [1.807, 2.05) is 30.3 Å². The third kappa shape index (κ3) is 4.21. The molecule has 0 radical (unpaired) electrons. The van der Waals surface area contributed by atoms with Gasteiger partial charge in [-0.3, -0.25) is 4.79 Å². The van der Waals surface area contributed by atoms with Crippen LogP contribution in [-0.2, 0) is 4.74 Å². The minimum atomic E-state index is -0.435. The molecule has 0 unspecified atom stereocenters. The van der Waals surface area contributed by atoms with Gasteiger partial charge in [-0.15, -0.1) is 10.2 Å². The van der Waals surface area contributed by atoms with Crippen molar-refractivity contribution in [2.45, 2.75) is 0 Å². The number of esters is 1. The molecular formula is C19H16N4O3. The summed E-state index contributed by atoms with van der Waals surface area (Å²) in [5, 5.41) is 13.7. The number of benzene rings is 2. The third-order valence-corrected chi connectivity index (χ3v) is 3.51. The first-order valence-electron chi connectivity index (χ1n) is 7.81. The van der Waals surface area contributed by atoms with Gasteiger partial charge in [0.05, 0.1) is 12.7 Å². The van der Waals surface area contributed by atoms with E-state index in [1.54, 1.807) is 36.4 Å². The van der Waals surface area contributed by atoms with Crippen LogP contribution in [0.5, 0.6) is 0 Å². The molecule has 1 amide bonds. The minimum absolute atomic E-state index is 0.181. The quantitative estimate of drug-likeness (QED) is 0.688. The maximum Gasteiger partial charge on any atom is 0.337 e. The van der Waals surface area contributed by atoms with Crippen molar-refractivity contribution < 1.29 is 14.3 Å². The van der Waals surface area contributed by atoms with Crippen LogP contribution in [-0.4, -0.2) is 29.2 Å². The Hall–Kier alpha value is -3.74. The van der Waals surface area contributed by atoms with Crippen LogP contribution in [0, 0.1) is 0 Å². The summed E-state index contributed by atoms with van der Waals surface area (Å²) in [7, 11) is 1.31. The second kappa shape index (κ2) is 7.89. The number of amides is 1. The first-order valence-corrected chi connectivity index (χ1v) is 7.81. The molecule has 2 aromatic carbocycles. The summed E-state index contributed by atoms with van der Waals surface area (Å²) in [6.45, 7) is 0. The number of hydrogen-bond donors (Lipinski definition) is 2. The molecule has 0 atom stereocenters. The highest BCUT2D eigenvalue weighted by atomic mass is 16.5. The van der Waals surface area contributed by atoms with Gasteiger partial charge in [0.25, 0.3) is 5.91 Å². The summed E-state index contributed by atoms with van der Waals surface area (Å²) in [5.74, 6) is -0.292. The first kappa shape index (κ1) is 17.1. The average molecular weight is 348 g/mol. The molecule has 3 rings (SSSR count). The third-order valence-electron chi connectivity index (χ3n) is 3.51. The number of aromatic nitrogens is 2. The molecule has 7 heteroatoms. The largest absolute Gasteiger partial charge is 0.465 e. The smallest absolute Gasteiger partial charge is 0.337 e. The van der Waals surface area contributed by atoms with E-state index in [0.717, 1.165) is 5.69 Å². The number of nitrogens with one attached hydrogen (secondary N) is 2. The van der Waals surface area contributed by atoms with Gasteiger partial charge in [-0.05, 0) is 48.5 Å². The molecule has 7 nitrogen and oxygen atoms in total. The fourth-order valence-corrected chi connectivity index (χ4v) is 2.19. The molecule has 0 aliphatic carbocycles. The van der Waals surface area contributed by atoms with Gasteiger partial charge in [0.1, 0.15) is 0 Å². The van der Waals surface area contributed by atoms with E-state index in [0.29, 0.717) is 17.1 Å². The van der Waals surface area contributed by atoms with Gasteiger partial charge in [-0.1, -0.05) is 18.2 Å². The molecule has 130 valence electrons. The predicted molar refractivity (Wildman–Crippen MR) is 97.5 cm³/mol. The highest BCUT2D eigenvalue weighted by Gasteiger charge is 2.10. The van der Waals surface area contributed by atoms with E-state index in [4.69, 9.17) is 0 Å². The molecule has 0 spiro atoms. The minimum Gasteiger partial charge on any atom is -0.465 e. The maximum absolute atomic E-state index is 12.2. The van der Waals surface area contributed by atoms with Crippen molar-refractivity contribution in [3.8, 4) is 0 Å². The van der Waals surface area contributed by atoms with E-state index >= 15 is 0 Å². The van der Waals surface area contributed by atoms with Gasteiger partial charge >= 0.3 is 5.97 Å². The number of carbonyl (C=O) groups is 2. The lowest BCUT2D eigenvalue weighted by Crippen LogP contribution is -2.14. The normalized spacial score (nSPS) is 10.0. The van der Waals surface area contributed by atoms with Crippen molar-refractivity contribution in [1.82, 2.24) is 10.2 Å². The average Bonchev–Trinajstić information content (AvgIpc) is 2.69. The predicted octanol–water partition coefficient (Wildman–Crippen LogP) is 3.26. The molecule has 1 aromatic heterocycles. The van der Waals surface area contributed by atoms with E-state index in [9.17, 15) is 9.59 Å². The van der Waals surface area contributed by atoms with Gasteiger partial charge in [0.2, 0.25) is 0 Å². The second-order valence-electron chi connectivity index (χ2n) is 5.32. The molecule has 1 heterocycles. The van der Waals surface area contributed by atoms with Crippen molar-refractivity contribution in [3.05, 3.63) is 78.0 Å². The molecule has 26 heavy (non-hydrogen) atoms. The number of nitrogens with zero attached hydrogens (tertiary/aromatic N) is 2. The number of hydrogen-bond acceptors (Lipinski definition) is 6. The van der Waals surface area contributed by atoms with Crippen LogP contribution in [0.3, 0.4) is 0 Å². The zero-order chi connectivity index (χ0) is 18.4. The first-order chi connectivity index (χ1) is 12.7. The molecule has 0 saturated heterocycles. The van der Waals surface area contributed by atoms with Gasteiger partial charge in [0, 0.05) is 11.4 Å². The van der Waals surface area contributed by atoms with Crippen LogP contribution in [0.1, 0.15) is 20.8 Å². The molecule has 0 bridgehead atoms. The highest BCUT2D eigenvalue weighted by Crippen LogP contribution is 2.14. The molecule has 3 aromatic rings. The monoisotopic (exact) mass is 348 g/mol. The zero-order valence-electron chi connectivity index (χ0n) is 14.0. The lowest BCUT2D eigenvalue weighted by atomic mass is 10.2. The standard InChI is InChI=1S/C19H16N4O3/c1-26-19(25)13-7-9-15(10-8-13)21-18(24)16-11-12-17(23-22-16)20-14-5-3-2-4-6-14/h2-12H,1H3,(H,20,23)(H,21,24). The number of carbonyl (C=O) groups excluding carboxylic acids is 2. The van der Waals surface area contributed by atoms with Gasteiger partial charge in [-0.2, -0.15) is 0 Å². The molecule has 0 fully saturated rings. The number of rotatable bonds is 5. The van der Waals surface area contributed by atoms with Crippen LogP contribution in [0.2, 0.25) is 0 Å². The van der Waals surface area contributed by atoms with Crippen molar-refractivity contribution in [1.29, 1.82) is 0 Å². The molecule has 2 N–H and O–H groups in total. The van der Waals surface area contributed by atoms with Crippen LogP contribution in [0.15, 0.2) is 66.7 Å². The van der Waals surface area contributed by atoms with Crippen molar-refractivity contribution in [2.75, 3.05) is 17.7 Å².